The van der Waals surface area contributed by atoms with Crippen LogP contribution in [0, 0.1) is 18.6 Å². The highest BCUT2D eigenvalue weighted by atomic mass is 19.1. The fraction of sp³-hybridized carbons (Fsp3) is 0.188. The van der Waals surface area contributed by atoms with E-state index in [1.54, 1.807) is 12.1 Å². The molecule has 0 spiro atoms. The van der Waals surface area contributed by atoms with E-state index in [2.05, 4.69) is 5.32 Å². The first-order valence-corrected chi connectivity index (χ1v) is 12.9. The van der Waals surface area contributed by atoms with Gasteiger partial charge in [0.2, 0.25) is 0 Å². The highest BCUT2D eigenvalue weighted by Gasteiger charge is 2.21. The number of urea groups is 1. The Balaban J connectivity index is 1.62. The minimum Gasteiger partial charge on any atom is -0.494 e. The number of hydrogen-bond donors (Lipinski definition) is 2. The van der Waals surface area contributed by atoms with Gasteiger partial charge in [0.05, 0.1) is 6.61 Å². The van der Waals surface area contributed by atoms with E-state index in [0.717, 1.165) is 46.2 Å². The van der Waals surface area contributed by atoms with E-state index in [0.29, 0.717) is 23.8 Å². The summed E-state index contributed by atoms with van der Waals surface area (Å²) in [4.78, 5) is 24.9. The lowest BCUT2D eigenvalue weighted by Gasteiger charge is -2.20. The fourth-order valence-electron chi connectivity index (χ4n) is 4.29. The Bertz CT molecular complexity index is 1520. The summed E-state index contributed by atoms with van der Waals surface area (Å²) in [6.45, 7) is 8.29. The second-order valence-corrected chi connectivity index (χ2v) is 9.43. The van der Waals surface area contributed by atoms with Crippen LogP contribution in [0.4, 0.5) is 19.3 Å². The Morgan fingerprint density at radius 1 is 0.900 bits per heavy atom. The molecule has 0 aliphatic heterocycles. The van der Waals surface area contributed by atoms with Gasteiger partial charge >= 0.3 is 6.03 Å². The van der Waals surface area contributed by atoms with Crippen LogP contribution in [0.25, 0.3) is 11.1 Å². The first-order chi connectivity index (χ1) is 19.2. The summed E-state index contributed by atoms with van der Waals surface area (Å²) >= 11 is 0. The fourth-order valence-corrected chi connectivity index (χ4v) is 4.29. The Hall–Kier alpha value is -4.72. The number of rotatable bonds is 8. The Labute approximate surface area is 232 Å². The van der Waals surface area contributed by atoms with E-state index in [4.69, 9.17) is 9.47 Å². The Kier molecular flexibility index (Phi) is 8.79. The standard InChI is InChI=1S/C32H30F2N2O4/c1-5-39-23-14-15-28(25(18-23)21-10-7-6-8-11-21)40-30-20(4)16-22(17-24(30)19(2)3)35-32(38)36-31(37)29-26(33)12-9-13-27(29)34/h6-19H,5H2,1-4H3,(H2,35,36,37,38). The zero-order valence-electron chi connectivity index (χ0n) is 22.7. The van der Waals surface area contributed by atoms with Crippen molar-refractivity contribution in [2.75, 3.05) is 11.9 Å². The van der Waals surface area contributed by atoms with Crippen molar-refractivity contribution in [1.82, 2.24) is 5.32 Å². The van der Waals surface area contributed by atoms with Gasteiger partial charge in [-0.2, -0.15) is 0 Å². The SMILES string of the molecule is CCOc1ccc(Oc2c(C)cc(NC(=O)NC(=O)c3c(F)cccc3F)cc2C(C)C)c(-c2ccccc2)c1. The van der Waals surface area contributed by atoms with Crippen molar-refractivity contribution in [3.63, 3.8) is 0 Å². The van der Waals surface area contributed by atoms with Gasteiger partial charge in [-0.05, 0) is 78.9 Å². The number of hydrogen-bond acceptors (Lipinski definition) is 4. The normalized spacial score (nSPS) is 10.8. The molecule has 206 valence electrons. The summed E-state index contributed by atoms with van der Waals surface area (Å²) in [5.41, 5.74) is 2.94. The van der Waals surface area contributed by atoms with Crippen molar-refractivity contribution < 1.29 is 27.8 Å². The summed E-state index contributed by atoms with van der Waals surface area (Å²) in [6, 6.07) is 21.0. The zero-order valence-corrected chi connectivity index (χ0v) is 22.7. The maximum atomic E-state index is 13.9. The molecular formula is C32H30F2N2O4. The van der Waals surface area contributed by atoms with E-state index in [1.807, 2.05) is 81.5 Å². The third kappa shape index (κ3) is 6.46. The lowest BCUT2D eigenvalue weighted by atomic mass is 9.98. The highest BCUT2D eigenvalue weighted by Crippen LogP contribution is 2.41. The number of anilines is 1. The average molecular weight is 545 g/mol. The minimum atomic E-state index is -1.18. The van der Waals surface area contributed by atoms with Crippen molar-refractivity contribution >= 4 is 17.6 Å². The number of ether oxygens (including phenoxy) is 2. The molecule has 0 aromatic heterocycles. The van der Waals surface area contributed by atoms with Crippen LogP contribution in [0.2, 0.25) is 0 Å². The average Bonchev–Trinajstić information content (AvgIpc) is 2.91. The van der Waals surface area contributed by atoms with E-state index in [1.165, 1.54) is 0 Å². The minimum absolute atomic E-state index is 0.00975. The summed E-state index contributed by atoms with van der Waals surface area (Å²) in [5, 5.41) is 4.56. The number of imide groups is 1. The summed E-state index contributed by atoms with van der Waals surface area (Å²) < 4.78 is 40.1. The smallest absolute Gasteiger partial charge is 0.326 e. The molecule has 0 aliphatic carbocycles. The molecule has 0 aliphatic rings. The number of amides is 3. The second-order valence-electron chi connectivity index (χ2n) is 9.43. The Morgan fingerprint density at radius 3 is 2.25 bits per heavy atom. The van der Waals surface area contributed by atoms with Crippen LogP contribution in [0.1, 0.15) is 48.2 Å². The van der Waals surface area contributed by atoms with Gasteiger partial charge in [0.15, 0.2) is 0 Å². The molecule has 4 aromatic carbocycles. The van der Waals surface area contributed by atoms with Crippen molar-refractivity contribution in [1.29, 1.82) is 0 Å². The van der Waals surface area contributed by atoms with E-state index in [9.17, 15) is 18.4 Å². The van der Waals surface area contributed by atoms with Crippen LogP contribution in [-0.2, 0) is 0 Å². The maximum absolute atomic E-state index is 13.9. The molecule has 0 atom stereocenters. The molecule has 0 saturated carbocycles. The maximum Gasteiger partial charge on any atom is 0.326 e. The van der Waals surface area contributed by atoms with E-state index < -0.39 is 29.1 Å². The number of carbonyl (C=O) groups is 2. The lowest BCUT2D eigenvalue weighted by molar-refractivity contribution is 0.0959. The topological polar surface area (TPSA) is 76.7 Å². The lowest BCUT2D eigenvalue weighted by Crippen LogP contribution is -2.35. The van der Waals surface area contributed by atoms with Gasteiger partial charge < -0.3 is 14.8 Å². The predicted octanol–water partition coefficient (Wildman–Crippen LogP) is 8.22. The molecular weight excluding hydrogens is 514 g/mol. The van der Waals surface area contributed by atoms with Gasteiger partial charge in [-0.3, -0.25) is 10.1 Å². The van der Waals surface area contributed by atoms with Crippen LogP contribution in [0.5, 0.6) is 17.2 Å². The number of aryl methyl sites for hydroxylation is 1. The van der Waals surface area contributed by atoms with Crippen LogP contribution in [0.3, 0.4) is 0 Å². The van der Waals surface area contributed by atoms with E-state index >= 15 is 0 Å². The number of halogens is 2. The van der Waals surface area contributed by atoms with Gasteiger partial charge in [-0.1, -0.05) is 50.2 Å². The largest absolute Gasteiger partial charge is 0.494 e. The van der Waals surface area contributed by atoms with Crippen LogP contribution in [0.15, 0.2) is 78.9 Å². The summed E-state index contributed by atoms with van der Waals surface area (Å²) in [6.07, 6.45) is 0. The molecule has 6 nitrogen and oxygen atoms in total. The van der Waals surface area contributed by atoms with Crippen LogP contribution < -0.4 is 20.1 Å². The molecule has 0 fully saturated rings. The molecule has 0 unspecified atom stereocenters. The molecule has 3 amide bonds. The first-order valence-electron chi connectivity index (χ1n) is 12.9. The third-order valence-electron chi connectivity index (χ3n) is 6.16. The van der Waals surface area contributed by atoms with Crippen molar-refractivity contribution in [2.45, 2.75) is 33.6 Å². The van der Waals surface area contributed by atoms with Gasteiger partial charge in [0, 0.05) is 11.3 Å². The molecule has 0 bridgehead atoms. The van der Waals surface area contributed by atoms with Gasteiger partial charge in [-0.15, -0.1) is 0 Å². The van der Waals surface area contributed by atoms with Crippen LogP contribution in [-0.4, -0.2) is 18.5 Å². The van der Waals surface area contributed by atoms with E-state index in [-0.39, 0.29) is 5.92 Å². The monoisotopic (exact) mass is 544 g/mol. The highest BCUT2D eigenvalue weighted by molar-refractivity contribution is 6.08. The molecule has 8 heteroatoms. The molecule has 40 heavy (non-hydrogen) atoms. The zero-order chi connectivity index (χ0) is 28.8. The third-order valence-corrected chi connectivity index (χ3v) is 6.16. The second kappa shape index (κ2) is 12.4. The van der Waals surface area contributed by atoms with Gasteiger partial charge in [0.1, 0.15) is 34.4 Å². The Morgan fingerprint density at radius 2 is 1.60 bits per heavy atom. The number of carbonyl (C=O) groups excluding carboxylic acids is 2. The molecule has 4 rings (SSSR count). The molecule has 2 N–H and O–H groups in total. The quantitative estimate of drug-likeness (QED) is 0.234. The number of nitrogens with one attached hydrogen (secondary N) is 2. The van der Waals surface area contributed by atoms with Gasteiger partial charge in [0.25, 0.3) is 5.91 Å². The number of benzene rings is 4. The molecule has 0 saturated heterocycles. The van der Waals surface area contributed by atoms with Crippen molar-refractivity contribution in [3.05, 3.63) is 107 Å². The van der Waals surface area contributed by atoms with Gasteiger partial charge in [-0.25, -0.2) is 13.6 Å². The van der Waals surface area contributed by atoms with Crippen molar-refractivity contribution in [2.24, 2.45) is 0 Å². The molecule has 0 radical (unpaired) electrons. The molecule has 0 heterocycles. The summed E-state index contributed by atoms with van der Waals surface area (Å²) in [5.74, 6) is -1.30. The van der Waals surface area contributed by atoms with Crippen molar-refractivity contribution in [3.8, 4) is 28.4 Å². The predicted molar refractivity (Wildman–Crippen MR) is 151 cm³/mol. The van der Waals surface area contributed by atoms with Crippen LogP contribution >= 0.6 is 0 Å². The first kappa shape index (κ1) is 28.3. The molecule has 4 aromatic rings. The summed E-state index contributed by atoms with van der Waals surface area (Å²) in [7, 11) is 0.